The van der Waals surface area contributed by atoms with Gasteiger partial charge in [0, 0.05) is 6.61 Å². The zero-order valence-corrected chi connectivity index (χ0v) is 10.3. The fourth-order valence-corrected chi connectivity index (χ4v) is 2.52. The fourth-order valence-electron chi connectivity index (χ4n) is 1.55. The molecule has 0 atom stereocenters. The monoisotopic (exact) mass is 251 g/mol. The number of carboxylic acids is 1. The van der Waals surface area contributed by atoms with Gasteiger partial charge >= 0.3 is 5.97 Å². The predicted molar refractivity (Wildman–Crippen MR) is 66.3 cm³/mol. The summed E-state index contributed by atoms with van der Waals surface area (Å²) >= 11 is 1.55. The van der Waals surface area contributed by atoms with Gasteiger partial charge < -0.3 is 9.84 Å². The Hall–Kier alpha value is -1.46. The minimum Gasteiger partial charge on any atom is -0.481 e. The number of ether oxygens (including phenoxy) is 1. The number of carboxylic acid groups (broad SMARTS) is 1. The molecule has 0 amide bonds. The van der Waals surface area contributed by atoms with E-state index in [0.29, 0.717) is 13.2 Å². The second-order valence-corrected chi connectivity index (χ2v) is 4.73. The molecule has 1 aromatic heterocycles. The number of hydrogen-bond donors (Lipinski definition) is 1. The number of aliphatic carboxylic acids is 1. The predicted octanol–water partition coefficient (Wildman–Crippen LogP) is 2.46. The molecule has 0 aliphatic carbocycles. The summed E-state index contributed by atoms with van der Waals surface area (Å²) in [7, 11) is 0. The summed E-state index contributed by atoms with van der Waals surface area (Å²) in [5, 5.41) is 9.65. The lowest BCUT2D eigenvalue weighted by Crippen LogP contribution is -1.99. The third-order valence-electron chi connectivity index (χ3n) is 2.28. The smallest absolute Gasteiger partial charge is 0.307 e. The molecule has 0 aliphatic rings. The van der Waals surface area contributed by atoms with E-state index >= 15 is 0 Å². The summed E-state index contributed by atoms with van der Waals surface area (Å²) in [6.45, 7) is 3.13. The Balaban J connectivity index is 2.24. The van der Waals surface area contributed by atoms with Crippen LogP contribution in [-0.4, -0.2) is 22.7 Å². The number of carbonyl (C=O) groups is 1. The van der Waals surface area contributed by atoms with E-state index in [9.17, 15) is 4.79 Å². The molecule has 0 saturated carbocycles. The molecule has 2 aromatic rings. The van der Waals surface area contributed by atoms with Crippen LogP contribution in [-0.2, 0) is 22.6 Å². The highest BCUT2D eigenvalue weighted by atomic mass is 32.1. The highest BCUT2D eigenvalue weighted by Crippen LogP contribution is 2.24. The van der Waals surface area contributed by atoms with Crippen LogP contribution in [0.2, 0.25) is 0 Å². The quantitative estimate of drug-likeness (QED) is 0.886. The van der Waals surface area contributed by atoms with Gasteiger partial charge in [0.15, 0.2) is 0 Å². The Morgan fingerprint density at radius 2 is 2.35 bits per heavy atom. The molecule has 0 fully saturated rings. The molecule has 0 saturated heterocycles. The van der Waals surface area contributed by atoms with Crippen molar-refractivity contribution in [3.63, 3.8) is 0 Å². The number of hydrogen-bond acceptors (Lipinski definition) is 4. The number of benzene rings is 1. The average molecular weight is 251 g/mol. The molecular formula is C12H13NO3S. The first-order chi connectivity index (χ1) is 8.19. The Labute approximate surface area is 103 Å². The van der Waals surface area contributed by atoms with Crippen molar-refractivity contribution in [1.82, 2.24) is 4.98 Å². The first-order valence-corrected chi connectivity index (χ1v) is 6.18. The van der Waals surface area contributed by atoms with E-state index in [4.69, 9.17) is 9.84 Å². The minimum atomic E-state index is -0.816. The highest BCUT2D eigenvalue weighted by molar-refractivity contribution is 7.18. The van der Waals surface area contributed by atoms with Crippen LogP contribution in [0, 0.1) is 0 Å². The summed E-state index contributed by atoms with van der Waals surface area (Å²) in [5.74, 6) is -0.816. The molecule has 0 spiro atoms. The zero-order chi connectivity index (χ0) is 12.3. The number of nitrogens with zero attached hydrogens (tertiary/aromatic N) is 1. The average Bonchev–Trinajstić information content (AvgIpc) is 2.67. The van der Waals surface area contributed by atoms with Gasteiger partial charge in [0.1, 0.15) is 5.01 Å². The highest BCUT2D eigenvalue weighted by Gasteiger charge is 2.06. The van der Waals surface area contributed by atoms with Gasteiger partial charge in [0.2, 0.25) is 0 Å². The van der Waals surface area contributed by atoms with Gasteiger partial charge in [-0.05, 0) is 24.6 Å². The molecule has 17 heavy (non-hydrogen) atoms. The third kappa shape index (κ3) is 3.01. The van der Waals surface area contributed by atoms with Gasteiger partial charge in [-0.3, -0.25) is 4.79 Å². The van der Waals surface area contributed by atoms with E-state index < -0.39 is 5.97 Å². The summed E-state index contributed by atoms with van der Waals surface area (Å²) in [6, 6.07) is 5.55. The van der Waals surface area contributed by atoms with Gasteiger partial charge in [-0.2, -0.15) is 0 Å². The number of thiazole rings is 1. The molecule has 0 unspecified atom stereocenters. The van der Waals surface area contributed by atoms with Crippen molar-refractivity contribution in [2.75, 3.05) is 6.61 Å². The molecule has 2 rings (SSSR count). The van der Waals surface area contributed by atoms with Crippen molar-refractivity contribution in [3.05, 3.63) is 28.8 Å². The van der Waals surface area contributed by atoms with Crippen molar-refractivity contribution in [2.45, 2.75) is 20.0 Å². The zero-order valence-electron chi connectivity index (χ0n) is 9.47. The lowest BCUT2D eigenvalue weighted by atomic mass is 10.1. The summed E-state index contributed by atoms with van der Waals surface area (Å²) in [6.07, 6.45) is 0.0502. The number of fused-ring (bicyclic) bond motifs is 1. The van der Waals surface area contributed by atoms with Crippen LogP contribution in [0.15, 0.2) is 18.2 Å². The maximum Gasteiger partial charge on any atom is 0.307 e. The van der Waals surface area contributed by atoms with Crippen LogP contribution in [0.4, 0.5) is 0 Å². The van der Waals surface area contributed by atoms with E-state index in [1.807, 2.05) is 19.1 Å². The van der Waals surface area contributed by atoms with Crippen molar-refractivity contribution in [2.24, 2.45) is 0 Å². The normalized spacial score (nSPS) is 10.9. The van der Waals surface area contributed by atoms with Gasteiger partial charge in [0.25, 0.3) is 0 Å². The maximum atomic E-state index is 10.6. The first-order valence-electron chi connectivity index (χ1n) is 5.37. The molecule has 0 aliphatic heterocycles. The van der Waals surface area contributed by atoms with E-state index in [2.05, 4.69) is 4.98 Å². The van der Waals surface area contributed by atoms with E-state index in [-0.39, 0.29) is 6.42 Å². The van der Waals surface area contributed by atoms with Gasteiger partial charge in [0.05, 0.1) is 23.2 Å². The molecule has 90 valence electrons. The van der Waals surface area contributed by atoms with Crippen molar-refractivity contribution in [1.29, 1.82) is 0 Å². The summed E-state index contributed by atoms with van der Waals surface area (Å²) in [4.78, 5) is 15.0. The molecule has 0 radical (unpaired) electrons. The molecule has 1 N–H and O–H groups in total. The molecule has 1 heterocycles. The summed E-state index contributed by atoms with van der Waals surface area (Å²) < 4.78 is 6.31. The van der Waals surface area contributed by atoms with Gasteiger partial charge in [-0.15, -0.1) is 11.3 Å². The number of aromatic nitrogens is 1. The first kappa shape index (κ1) is 12.0. The minimum absolute atomic E-state index is 0.0502. The standard InChI is InChI=1S/C12H13NO3S/c1-2-16-7-11-13-9-4-3-8(6-12(14)15)5-10(9)17-11/h3-5H,2,6-7H2,1H3,(H,14,15). The van der Waals surface area contributed by atoms with Crippen LogP contribution in [0.3, 0.4) is 0 Å². The topological polar surface area (TPSA) is 59.4 Å². The molecule has 0 bridgehead atoms. The molecule has 5 heteroatoms. The second kappa shape index (κ2) is 5.25. The largest absolute Gasteiger partial charge is 0.481 e. The van der Waals surface area contributed by atoms with Crippen molar-refractivity contribution < 1.29 is 14.6 Å². The van der Waals surface area contributed by atoms with E-state index in [1.54, 1.807) is 17.4 Å². The van der Waals surface area contributed by atoms with Crippen LogP contribution in [0.25, 0.3) is 10.2 Å². The maximum absolute atomic E-state index is 10.6. The van der Waals surface area contributed by atoms with Crippen LogP contribution >= 0.6 is 11.3 Å². The second-order valence-electron chi connectivity index (χ2n) is 3.62. The van der Waals surface area contributed by atoms with Crippen molar-refractivity contribution >= 4 is 27.5 Å². The lowest BCUT2D eigenvalue weighted by Gasteiger charge is -1.95. The Kier molecular flexibility index (Phi) is 3.71. The number of rotatable bonds is 5. The lowest BCUT2D eigenvalue weighted by molar-refractivity contribution is -0.136. The molecular weight excluding hydrogens is 238 g/mol. The third-order valence-corrected chi connectivity index (χ3v) is 3.27. The van der Waals surface area contributed by atoms with Crippen LogP contribution in [0.1, 0.15) is 17.5 Å². The SMILES string of the molecule is CCOCc1nc2ccc(CC(=O)O)cc2s1. The van der Waals surface area contributed by atoms with Crippen LogP contribution in [0.5, 0.6) is 0 Å². The fraction of sp³-hybridized carbons (Fsp3) is 0.333. The Morgan fingerprint density at radius 1 is 1.53 bits per heavy atom. The van der Waals surface area contributed by atoms with Crippen molar-refractivity contribution in [3.8, 4) is 0 Å². The van der Waals surface area contributed by atoms with E-state index in [0.717, 1.165) is 20.8 Å². The molecule has 1 aromatic carbocycles. The van der Waals surface area contributed by atoms with Crippen LogP contribution < -0.4 is 0 Å². The van der Waals surface area contributed by atoms with Gasteiger partial charge in [-0.1, -0.05) is 6.07 Å². The van der Waals surface area contributed by atoms with Gasteiger partial charge in [-0.25, -0.2) is 4.98 Å². The summed E-state index contributed by atoms with van der Waals surface area (Å²) in [5.41, 5.74) is 1.70. The van der Waals surface area contributed by atoms with E-state index in [1.165, 1.54) is 0 Å². The Bertz CT molecular complexity index is 536. The Morgan fingerprint density at radius 3 is 3.06 bits per heavy atom. The molecule has 4 nitrogen and oxygen atoms in total.